The van der Waals surface area contributed by atoms with E-state index in [9.17, 15) is 58.8 Å². The lowest BCUT2D eigenvalue weighted by Gasteiger charge is -2.24. The number of benzene rings is 3. The SMILES string of the molecule is CO[Si](CCCCC(=O)OC(C)c1cc(OCCCOc2c(F)c(F)c(F)c(F)c2F)c(OCCCOc2c(F)c(F)c(F)c(F)c2F)cc1[N+](=O)[O-])(OC)OC. The molecule has 1 unspecified atom stereocenters. The molecule has 0 bridgehead atoms. The lowest BCUT2D eigenvalue weighted by Crippen LogP contribution is -2.42. The second kappa shape index (κ2) is 21.0. The molecule has 0 N–H and O–H groups in total. The predicted molar refractivity (Wildman–Crippen MR) is 177 cm³/mol. The van der Waals surface area contributed by atoms with Crippen LogP contribution in [0.3, 0.4) is 0 Å². The molecular weight excluding hydrogens is 816 g/mol. The molecule has 316 valence electrons. The number of halogens is 10. The summed E-state index contributed by atoms with van der Waals surface area (Å²) >= 11 is 0. The topological polar surface area (TPSA) is 134 Å². The van der Waals surface area contributed by atoms with E-state index >= 15 is 0 Å². The van der Waals surface area contributed by atoms with Crippen molar-refractivity contribution in [3.8, 4) is 23.0 Å². The van der Waals surface area contributed by atoms with Crippen LogP contribution >= 0.6 is 0 Å². The summed E-state index contributed by atoms with van der Waals surface area (Å²) in [5.41, 5.74) is -0.839. The van der Waals surface area contributed by atoms with Gasteiger partial charge in [0.2, 0.25) is 58.2 Å². The third-order valence-corrected chi connectivity index (χ3v) is 10.8. The van der Waals surface area contributed by atoms with Gasteiger partial charge >= 0.3 is 14.8 Å². The summed E-state index contributed by atoms with van der Waals surface area (Å²) in [7, 11) is 1.36. The predicted octanol–water partition coefficient (Wildman–Crippen LogP) is 8.33. The van der Waals surface area contributed by atoms with Crippen LogP contribution < -0.4 is 18.9 Å². The van der Waals surface area contributed by atoms with Gasteiger partial charge in [-0.15, -0.1) is 0 Å². The van der Waals surface area contributed by atoms with Crippen LogP contribution in [0.15, 0.2) is 12.1 Å². The molecule has 0 saturated carbocycles. The van der Waals surface area contributed by atoms with E-state index in [2.05, 4.69) is 0 Å². The van der Waals surface area contributed by atoms with E-state index in [1.54, 1.807) is 0 Å². The number of carbonyl (C=O) groups excluding carboxylic acids is 1. The Bertz CT molecular complexity index is 1840. The molecule has 12 nitrogen and oxygen atoms in total. The number of nitro benzene ring substituents is 1. The van der Waals surface area contributed by atoms with Crippen LogP contribution in [0, 0.1) is 68.3 Å². The van der Waals surface area contributed by atoms with Crippen LogP contribution in [-0.2, 0) is 22.8 Å². The average molecular weight is 852 g/mol. The van der Waals surface area contributed by atoms with E-state index < -0.39 is 128 Å². The first-order chi connectivity index (χ1) is 26.9. The quantitative estimate of drug-likeness (QED) is 0.0133. The lowest BCUT2D eigenvalue weighted by atomic mass is 10.1. The molecule has 0 amide bonds. The maximum Gasteiger partial charge on any atom is 0.500 e. The zero-order valence-corrected chi connectivity index (χ0v) is 31.5. The van der Waals surface area contributed by atoms with Crippen molar-refractivity contribution >= 4 is 20.5 Å². The maximum absolute atomic E-state index is 14.0. The smallest absolute Gasteiger partial charge is 0.490 e. The molecule has 57 heavy (non-hydrogen) atoms. The van der Waals surface area contributed by atoms with Crippen LogP contribution in [0.4, 0.5) is 49.6 Å². The van der Waals surface area contributed by atoms with E-state index in [1.807, 2.05) is 0 Å². The van der Waals surface area contributed by atoms with Crippen molar-refractivity contribution < 1.29 is 90.6 Å². The van der Waals surface area contributed by atoms with Gasteiger partial charge in [0.05, 0.1) is 43.0 Å². The van der Waals surface area contributed by atoms with Gasteiger partial charge in [-0.1, -0.05) is 0 Å². The zero-order chi connectivity index (χ0) is 42.6. The molecule has 0 saturated heterocycles. The van der Waals surface area contributed by atoms with Gasteiger partial charge in [0, 0.05) is 46.6 Å². The highest BCUT2D eigenvalue weighted by atomic mass is 28.4. The molecule has 0 aliphatic carbocycles. The van der Waals surface area contributed by atoms with E-state index in [0.29, 0.717) is 18.9 Å². The minimum Gasteiger partial charge on any atom is -0.490 e. The van der Waals surface area contributed by atoms with E-state index in [4.69, 9.17) is 37.0 Å². The second-order valence-corrected chi connectivity index (χ2v) is 14.7. The zero-order valence-electron chi connectivity index (χ0n) is 30.5. The Balaban J connectivity index is 1.77. The number of esters is 1. The Morgan fingerprint density at radius 1 is 0.614 bits per heavy atom. The van der Waals surface area contributed by atoms with Crippen LogP contribution in [-0.4, -0.2) is 67.5 Å². The minimum atomic E-state index is -2.91. The van der Waals surface area contributed by atoms with Crippen molar-refractivity contribution in [3.63, 3.8) is 0 Å². The van der Waals surface area contributed by atoms with Gasteiger partial charge in [0.25, 0.3) is 5.69 Å². The number of ether oxygens (including phenoxy) is 5. The molecule has 23 heteroatoms. The van der Waals surface area contributed by atoms with Gasteiger partial charge in [-0.2, -0.15) is 17.6 Å². The molecule has 0 spiro atoms. The highest BCUT2D eigenvalue weighted by Crippen LogP contribution is 2.39. The molecule has 3 aromatic carbocycles. The second-order valence-electron chi connectivity index (χ2n) is 11.6. The van der Waals surface area contributed by atoms with Gasteiger partial charge in [0.15, 0.2) is 23.0 Å². The Morgan fingerprint density at radius 2 is 1.00 bits per heavy atom. The van der Waals surface area contributed by atoms with Crippen molar-refractivity contribution in [2.75, 3.05) is 47.8 Å². The van der Waals surface area contributed by atoms with Crippen molar-refractivity contribution in [2.24, 2.45) is 0 Å². The van der Waals surface area contributed by atoms with Crippen LogP contribution in [0.2, 0.25) is 6.04 Å². The summed E-state index contributed by atoms with van der Waals surface area (Å²) in [4.78, 5) is 23.9. The van der Waals surface area contributed by atoms with E-state index in [1.165, 1.54) is 28.3 Å². The molecule has 1 atom stereocenters. The van der Waals surface area contributed by atoms with Gasteiger partial charge in [-0.3, -0.25) is 14.9 Å². The monoisotopic (exact) mass is 851 g/mol. The highest BCUT2D eigenvalue weighted by Gasteiger charge is 2.37. The summed E-state index contributed by atoms with van der Waals surface area (Å²) in [6.45, 7) is -0.925. The standard InChI is InChI=1S/C34H35F10NO11Si/c1-17(56-22(46)9-5-6-14-57(49-2,50-3)51-4)18-15-20(52-10-7-12-54-33-29(41)25(37)23(35)26(38)30(33)42)21(16-19(18)45(47)48)53-11-8-13-55-34-31(43)27(39)24(36)28(40)32(34)44/h15-17H,5-14H2,1-4H3. The highest BCUT2D eigenvalue weighted by molar-refractivity contribution is 6.60. The van der Waals surface area contributed by atoms with Gasteiger partial charge in [-0.05, 0) is 25.8 Å². The van der Waals surface area contributed by atoms with Crippen molar-refractivity contribution in [1.29, 1.82) is 0 Å². The van der Waals surface area contributed by atoms with Crippen LogP contribution in [0.1, 0.15) is 50.7 Å². The Hall–Kier alpha value is -4.87. The van der Waals surface area contributed by atoms with E-state index in [-0.39, 0.29) is 36.3 Å². The third kappa shape index (κ3) is 11.4. The third-order valence-electron chi connectivity index (χ3n) is 8.01. The molecule has 0 fully saturated rings. The fourth-order valence-corrected chi connectivity index (χ4v) is 6.81. The molecular formula is C34H35F10NO11Si. The van der Waals surface area contributed by atoms with E-state index in [0.717, 1.165) is 12.1 Å². The van der Waals surface area contributed by atoms with Crippen molar-refractivity contribution in [3.05, 3.63) is 86.0 Å². The van der Waals surface area contributed by atoms with Gasteiger partial charge < -0.3 is 37.0 Å². The van der Waals surface area contributed by atoms with Crippen LogP contribution in [0.25, 0.3) is 0 Å². The Kier molecular flexibility index (Phi) is 17.2. The maximum atomic E-state index is 14.0. The summed E-state index contributed by atoms with van der Waals surface area (Å²) in [5.74, 6) is -27.1. The number of rotatable bonds is 23. The molecule has 3 aromatic rings. The number of carbonyl (C=O) groups is 1. The lowest BCUT2D eigenvalue weighted by molar-refractivity contribution is -0.386. The summed E-state index contributed by atoms with van der Waals surface area (Å²) in [6, 6.07) is 2.32. The first-order valence-electron chi connectivity index (χ1n) is 16.7. The molecule has 0 aromatic heterocycles. The average Bonchev–Trinajstić information content (AvgIpc) is 3.20. The van der Waals surface area contributed by atoms with Crippen molar-refractivity contribution in [2.45, 2.75) is 51.2 Å². The fraction of sp³-hybridized carbons (Fsp3) is 0.441. The van der Waals surface area contributed by atoms with Crippen LogP contribution in [0.5, 0.6) is 23.0 Å². The summed E-state index contributed by atoms with van der Waals surface area (Å²) in [6.07, 6.45) is -1.23. The van der Waals surface area contributed by atoms with Gasteiger partial charge in [-0.25, -0.2) is 26.3 Å². The normalized spacial score (nSPS) is 12.0. The summed E-state index contributed by atoms with van der Waals surface area (Å²) < 4.78 is 179. The Morgan fingerprint density at radius 3 is 1.40 bits per heavy atom. The number of nitro groups is 1. The summed E-state index contributed by atoms with van der Waals surface area (Å²) in [5, 5.41) is 12.1. The molecule has 3 rings (SSSR count). The van der Waals surface area contributed by atoms with Gasteiger partial charge in [0.1, 0.15) is 6.10 Å². The number of unbranched alkanes of at least 4 members (excludes halogenated alkanes) is 1. The number of hydrogen-bond donors (Lipinski definition) is 0. The number of nitrogens with zero attached hydrogens (tertiary/aromatic N) is 1. The molecule has 0 aliphatic rings. The fourth-order valence-electron chi connectivity index (χ4n) is 5.01. The first-order valence-corrected chi connectivity index (χ1v) is 18.6. The largest absolute Gasteiger partial charge is 0.500 e. The molecule has 0 radical (unpaired) electrons. The number of hydrogen-bond acceptors (Lipinski definition) is 11. The molecule has 0 heterocycles. The first kappa shape index (κ1) is 46.5. The Labute approximate surface area is 319 Å². The minimum absolute atomic E-state index is 0.111. The van der Waals surface area contributed by atoms with Crippen molar-refractivity contribution in [1.82, 2.24) is 0 Å². The molecule has 0 aliphatic heterocycles.